The van der Waals surface area contributed by atoms with Crippen LogP contribution in [-0.4, -0.2) is 28.6 Å². The monoisotopic (exact) mass is 313 g/mol. The van der Waals surface area contributed by atoms with Gasteiger partial charge in [-0.3, -0.25) is 0 Å². The van der Waals surface area contributed by atoms with Gasteiger partial charge in [-0.1, -0.05) is 27.7 Å². The highest BCUT2D eigenvalue weighted by Crippen LogP contribution is 2.36. The van der Waals surface area contributed by atoms with Crippen LogP contribution in [-0.2, 0) is 6.54 Å². The van der Waals surface area contributed by atoms with Crippen molar-refractivity contribution in [2.24, 2.45) is 5.73 Å². The van der Waals surface area contributed by atoms with Crippen LogP contribution in [0.15, 0.2) is 0 Å². The van der Waals surface area contributed by atoms with Crippen molar-refractivity contribution in [2.45, 2.75) is 57.7 Å². The Hall–Kier alpha value is -0.260. The summed E-state index contributed by atoms with van der Waals surface area (Å²) in [5.74, 6) is 1.69. The zero-order valence-corrected chi connectivity index (χ0v) is 14.7. The summed E-state index contributed by atoms with van der Waals surface area (Å²) in [7, 11) is 0. The maximum Gasteiger partial charge on any atom is 0.185 e. The molecule has 1 fully saturated rings. The molecule has 5 heteroatoms. The Labute approximate surface area is 131 Å². The van der Waals surface area contributed by atoms with E-state index in [2.05, 4.69) is 44.4 Å². The molecule has 1 atom stereocenters. The van der Waals surface area contributed by atoms with E-state index in [1.165, 1.54) is 27.9 Å². The maximum absolute atomic E-state index is 5.91. The predicted molar refractivity (Wildman–Crippen MR) is 92.1 cm³/mol. The van der Waals surface area contributed by atoms with Crippen molar-refractivity contribution >= 4 is 28.2 Å². The number of thioether (sulfide) groups is 1. The van der Waals surface area contributed by atoms with E-state index in [4.69, 9.17) is 10.7 Å². The summed E-state index contributed by atoms with van der Waals surface area (Å²) in [4.78, 5) is 8.64. The van der Waals surface area contributed by atoms with Gasteiger partial charge in [0.1, 0.15) is 0 Å². The molecular formula is C15H27N3S2. The van der Waals surface area contributed by atoms with Crippen LogP contribution in [0.3, 0.4) is 0 Å². The van der Waals surface area contributed by atoms with Crippen LogP contribution in [0.2, 0.25) is 0 Å². The quantitative estimate of drug-likeness (QED) is 0.917. The lowest BCUT2D eigenvalue weighted by atomic mass is 10.0. The minimum Gasteiger partial charge on any atom is -0.347 e. The van der Waals surface area contributed by atoms with Gasteiger partial charge in [0.15, 0.2) is 5.13 Å². The van der Waals surface area contributed by atoms with Gasteiger partial charge in [0, 0.05) is 35.0 Å². The van der Waals surface area contributed by atoms with E-state index in [1.54, 1.807) is 11.3 Å². The smallest absolute Gasteiger partial charge is 0.185 e. The number of anilines is 1. The van der Waals surface area contributed by atoms with Gasteiger partial charge in [-0.25, -0.2) is 4.98 Å². The highest BCUT2D eigenvalue weighted by molar-refractivity contribution is 8.00. The second kappa shape index (κ2) is 6.67. The Kier molecular flexibility index (Phi) is 5.37. The Morgan fingerprint density at radius 3 is 2.80 bits per heavy atom. The number of hydrogen-bond acceptors (Lipinski definition) is 5. The third-order valence-electron chi connectivity index (χ3n) is 4.09. The van der Waals surface area contributed by atoms with Crippen LogP contribution in [0.5, 0.6) is 0 Å². The zero-order valence-electron chi connectivity index (χ0n) is 13.1. The van der Waals surface area contributed by atoms with Crippen LogP contribution in [0.25, 0.3) is 0 Å². The summed E-state index contributed by atoms with van der Waals surface area (Å²) < 4.78 is 0.391. The second-order valence-corrected chi connectivity index (χ2v) is 9.03. The molecule has 0 amide bonds. The number of rotatable bonds is 4. The molecule has 1 aromatic heterocycles. The first kappa shape index (κ1) is 16.1. The summed E-state index contributed by atoms with van der Waals surface area (Å²) in [5.41, 5.74) is 7.14. The molecule has 2 heterocycles. The molecule has 1 aromatic rings. The molecule has 0 aliphatic carbocycles. The van der Waals surface area contributed by atoms with Crippen LogP contribution >= 0.6 is 23.1 Å². The van der Waals surface area contributed by atoms with Crippen molar-refractivity contribution in [3.63, 3.8) is 0 Å². The van der Waals surface area contributed by atoms with Crippen LogP contribution in [0.1, 0.15) is 57.0 Å². The molecule has 3 nitrogen and oxygen atoms in total. The van der Waals surface area contributed by atoms with E-state index in [0.717, 1.165) is 19.5 Å². The van der Waals surface area contributed by atoms with Crippen molar-refractivity contribution in [3.8, 4) is 0 Å². The number of nitrogens with two attached hydrogens (primary N) is 1. The largest absolute Gasteiger partial charge is 0.347 e. The summed E-state index contributed by atoms with van der Waals surface area (Å²) in [6.07, 6.45) is 2.34. The molecule has 0 aromatic carbocycles. The summed E-state index contributed by atoms with van der Waals surface area (Å²) in [5, 5.41) is 1.18. The lowest BCUT2D eigenvalue weighted by molar-refractivity contribution is 0.635. The molecule has 20 heavy (non-hydrogen) atoms. The normalized spacial score (nSPS) is 20.8. The fraction of sp³-hybridized carbons (Fsp3) is 0.800. The van der Waals surface area contributed by atoms with Crippen molar-refractivity contribution in [2.75, 3.05) is 23.7 Å². The lowest BCUT2D eigenvalue weighted by Crippen LogP contribution is -2.26. The van der Waals surface area contributed by atoms with Gasteiger partial charge < -0.3 is 10.6 Å². The highest BCUT2D eigenvalue weighted by Gasteiger charge is 2.26. The average Bonchev–Trinajstić information content (AvgIpc) is 2.77. The molecule has 0 spiro atoms. The first-order chi connectivity index (χ1) is 9.46. The minimum atomic E-state index is 0.391. The van der Waals surface area contributed by atoms with Gasteiger partial charge in [-0.15, -0.1) is 11.3 Å². The Morgan fingerprint density at radius 1 is 1.40 bits per heavy atom. The van der Waals surface area contributed by atoms with E-state index in [-0.39, 0.29) is 0 Å². The first-order valence-electron chi connectivity index (χ1n) is 7.55. The van der Waals surface area contributed by atoms with E-state index in [1.807, 2.05) is 0 Å². The molecular weight excluding hydrogens is 286 g/mol. The van der Waals surface area contributed by atoms with Gasteiger partial charge in [0.05, 0.1) is 5.69 Å². The van der Waals surface area contributed by atoms with Crippen molar-refractivity contribution < 1.29 is 0 Å². The van der Waals surface area contributed by atoms with E-state index >= 15 is 0 Å². The molecule has 114 valence electrons. The van der Waals surface area contributed by atoms with Gasteiger partial charge in [-0.2, -0.15) is 11.8 Å². The van der Waals surface area contributed by atoms with Crippen molar-refractivity contribution in [1.82, 2.24) is 4.98 Å². The third-order valence-corrected chi connectivity index (χ3v) is 6.62. The molecule has 0 saturated carbocycles. The molecule has 1 saturated heterocycles. The Bertz CT molecular complexity index is 442. The Morgan fingerprint density at radius 2 is 2.15 bits per heavy atom. The van der Waals surface area contributed by atoms with E-state index < -0.39 is 0 Å². The summed E-state index contributed by atoms with van der Waals surface area (Å²) in [6, 6.07) is 0. The molecule has 1 aliphatic heterocycles. The second-order valence-electron chi connectivity index (χ2n) is 6.16. The lowest BCUT2D eigenvalue weighted by Gasteiger charge is -2.22. The number of thiazole rings is 1. The molecule has 1 unspecified atom stereocenters. The number of hydrogen-bond donors (Lipinski definition) is 1. The van der Waals surface area contributed by atoms with Crippen LogP contribution < -0.4 is 10.6 Å². The summed E-state index contributed by atoms with van der Waals surface area (Å²) >= 11 is 3.88. The molecule has 2 rings (SSSR count). The van der Waals surface area contributed by atoms with E-state index in [9.17, 15) is 0 Å². The first-order valence-corrected chi connectivity index (χ1v) is 9.35. The Balaban J connectivity index is 2.18. The van der Waals surface area contributed by atoms with Gasteiger partial charge in [-0.05, 0) is 18.8 Å². The predicted octanol–water partition coefficient (Wildman–Crippen LogP) is 3.84. The molecule has 0 radical (unpaired) electrons. The zero-order chi connectivity index (χ0) is 14.8. The molecule has 2 N–H and O–H groups in total. The van der Waals surface area contributed by atoms with Crippen molar-refractivity contribution in [3.05, 3.63) is 10.6 Å². The van der Waals surface area contributed by atoms with Crippen molar-refractivity contribution in [1.29, 1.82) is 0 Å². The highest BCUT2D eigenvalue weighted by atomic mass is 32.2. The average molecular weight is 314 g/mol. The molecule has 1 aliphatic rings. The molecule has 0 bridgehead atoms. The number of aromatic nitrogens is 1. The fourth-order valence-electron chi connectivity index (χ4n) is 2.42. The van der Waals surface area contributed by atoms with Gasteiger partial charge in [0.25, 0.3) is 0 Å². The summed E-state index contributed by atoms with van der Waals surface area (Å²) in [6.45, 7) is 12.0. The van der Waals surface area contributed by atoms with E-state index in [0.29, 0.717) is 17.2 Å². The topological polar surface area (TPSA) is 42.2 Å². The number of nitrogens with zero attached hydrogens (tertiary/aromatic N) is 2. The minimum absolute atomic E-state index is 0.391. The van der Waals surface area contributed by atoms with Crippen LogP contribution in [0.4, 0.5) is 5.13 Å². The van der Waals surface area contributed by atoms with Gasteiger partial charge in [0.2, 0.25) is 0 Å². The SMILES string of the molecule is CCC(C)c1nc(N2CCSC(C)(C)CC2)sc1CN. The fourth-order valence-corrected chi connectivity index (χ4v) is 4.63. The van der Waals surface area contributed by atoms with Crippen LogP contribution in [0, 0.1) is 0 Å². The maximum atomic E-state index is 5.91. The standard InChI is InChI=1S/C15H27N3S2/c1-5-11(2)13-12(10-16)20-14(17-13)18-7-6-15(3,4)19-9-8-18/h11H,5-10,16H2,1-4H3. The van der Waals surface area contributed by atoms with Gasteiger partial charge >= 0.3 is 0 Å². The third kappa shape index (κ3) is 3.68.